The van der Waals surface area contributed by atoms with Crippen LogP contribution in [0.1, 0.15) is 29.3 Å². The van der Waals surface area contributed by atoms with E-state index in [0.717, 1.165) is 5.56 Å². The van der Waals surface area contributed by atoms with Crippen LogP contribution in [0.2, 0.25) is 0 Å². The van der Waals surface area contributed by atoms with Gasteiger partial charge in [-0.1, -0.05) is 30.7 Å². The number of hydrogen-bond acceptors (Lipinski definition) is 2. The Balaban J connectivity index is 2.98. The SMILES string of the molecule is CCC(C(=O)O)C(=O)c1cccc(C)c1. The van der Waals surface area contributed by atoms with E-state index in [0.29, 0.717) is 12.0 Å². The summed E-state index contributed by atoms with van der Waals surface area (Å²) in [4.78, 5) is 22.6. The molecule has 1 aromatic rings. The van der Waals surface area contributed by atoms with Crippen LogP contribution < -0.4 is 0 Å². The van der Waals surface area contributed by atoms with Crippen LogP contribution in [0.3, 0.4) is 0 Å². The van der Waals surface area contributed by atoms with E-state index in [1.54, 1.807) is 25.1 Å². The number of aryl methyl sites for hydroxylation is 1. The Hall–Kier alpha value is -1.64. The fourth-order valence-electron chi connectivity index (χ4n) is 1.47. The van der Waals surface area contributed by atoms with Crippen molar-refractivity contribution in [1.29, 1.82) is 0 Å². The quantitative estimate of drug-likeness (QED) is 0.607. The van der Waals surface area contributed by atoms with E-state index in [1.165, 1.54) is 0 Å². The minimum absolute atomic E-state index is 0.311. The van der Waals surface area contributed by atoms with Crippen molar-refractivity contribution in [2.75, 3.05) is 0 Å². The summed E-state index contributed by atoms with van der Waals surface area (Å²) in [5, 5.41) is 8.85. The summed E-state index contributed by atoms with van der Waals surface area (Å²) < 4.78 is 0. The zero-order valence-electron chi connectivity index (χ0n) is 8.86. The molecule has 3 nitrogen and oxygen atoms in total. The number of carboxylic acids is 1. The molecule has 0 saturated heterocycles. The highest BCUT2D eigenvalue weighted by atomic mass is 16.4. The highest BCUT2D eigenvalue weighted by Gasteiger charge is 2.24. The van der Waals surface area contributed by atoms with Crippen LogP contribution in [0.25, 0.3) is 0 Å². The van der Waals surface area contributed by atoms with Gasteiger partial charge in [0, 0.05) is 5.56 Å². The molecule has 1 aromatic carbocycles. The monoisotopic (exact) mass is 206 g/mol. The molecule has 0 amide bonds. The van der Waals surface area contributed by atoms with Gasteiger partial charge in [0.05, 0.1) is 0 Å². The van der Waals surface area contributed by atoms with Gasteiger partial charge in [0.25, 0.3) is 0 Å². The zero-order valence-corrected chi connectivity index (χ0v) is 8.86. The molecule has 1 rings (SSSR count). The van der Waals surface area contributed by atoms with Gasteiger partial charge in [-0.05, 0) is 19.4 Å². The predicted octanol–water partition coefficient (Wildman–Crippen LogP) is 2.29. The zero-order chi connectivity index (χ0) is 11.4. The van der Waals surface area contributed by atoms with E-state index < -0.39 is 11.9 Å². The first-order valence-electron chi connectivity index (χ1n) is 4.90. The van der Waals surface area contributed by atoms with Gasteiger partial charge in [-0.2, -0.15) is 0 Å². The van der Waals surface area contributed by atoms with Crippen molar-refractivity contribution in [3.05, 3.63) is 35.4 Å². The molecule has 0 fully saturated rings. The molecular formula is C12H14O3. The summed E-state index contributed by atoms with van der Waals surface area (Å²) in [7, 11) is 0. The van der Waals surface area contributed by atoms with E-state index >= 15 is 0 Å². The second kappa shape index (κ2) is 4.73. The number of Topliss-reactive ketones (excluding diaryl/α,β-unsaturated/α-hetero) is 1. The summed E-state index contributed by atoms with van der Waals surface area (Å²) in [5.41, 5.74) is 1.44. The molecule has 0 bridgehead atoms. The molecule has 0 aliphatic heterocycles. The molecule has 1 atom stereocenters. The molecule has 1 N–H and O–H groups in total. The second-order valence-electron chi connectivity index (χ2n) is 3.53. The molecular weight excluding hydrogens is 192 g/mol. The molecule has 0 radical (unpaired) electrons. The van der Waals surface area contributed by atoms with E-state index in [9.17, 15) is 9.59 Å². The first-order chi connectivity index (χ1) is 7.06. The summed E-state index contributed by atoms with van der Waals surface area (Å²) in [5.74, 6) is -2.29. The fraction of sp³-hybridized carbons (Fsp3) is 0.333. The van der Waals surface area contributed by atoms with Gasteiger partial charge < -0.3 is 5.11 Å². The number of carbonyl (C=O) groups is 2. The Bertz CT molecular complexity index is 382. The average molecular weight is 206 g/mol. The first kappa shape index (κ1) is 11.4. The lowest BCUT2D eigenvalue weighted by Gasteiger charge is -2.08. The lowest BCUT2D eigenvalue weighted by Crippen LogP contribution is -2.23. The van der Waals surface area contributed by atoms with Crippen LogP contribution in [-0.4, -0.2) is 16.9 Å². The van der Waals surface area contributed by atoms with Crippen molar-refractivity contribution in [2.45, 2.75) is 20.3 Å². The van der Waals surface area contributed by atoms with Gasteiger partial charge in [-0.3, -0.25) is 9.59 Å². The molecule has 15 heavy (non-hydrogen) atoms. The summed E-state index contributed by atoms with van der Waals surface area (Å²) in [6, 6.07) is 7.00. The standard InChI is InChI=1S/C12H14O3/c1-3-10(12(14)15)11(13)9-6-4-5-8(2)7-9/h4-7,10H,3H2,1-2H3,(H,14,15). The van der Waals surface area contributed by atoms with E-state index in [-0.39, 0.29) is 5.78 Å². The van der Waals surface area contributed by atoms with Crippen molar-refractivity contribution >= 4 is 11.8 Å². The van der Waals surface area contributed by atoms with Crippen molar-refractivity contribution in [1.82, 2.24) is 0 Å². The second-order valence-corrected chi connectivity index (χ2v) is 3.53. The molecule has 0 heterocycles. The van der Waals surface area contributed by atoms with Crippen molar-refractivity contribution in [2.24, 2.45) is 5.92 Å². The third-order valence-electron chi connectivity index (χ3n) is 2.33. The van der Waals surface area contributed by atoms with Crippen LogP contribution in [-0.2, 0) is 4.79 Å². The van der Waals surface area contributed by atoms with Crippen LogP contribution in [0.5, 0.6) is 0 Å². The van der Waals surface area contributed by atoms with E-state index in [4.69, 9.17) is 5.11 Å². The third kappa shape index (κ3) is 2.65. The number of carbonyl (C=O) groups excluding carboxylic acids is 1. The molecule has 80 valence electrons. The molecule has 0 aliphatic carbocycles. The number of aliphatic carboxylic acids is 1. The highest BCUT2D eigenvalue weighted by Crippen LogP contribution is 2.14. The van der Waals surface area contributed by atoms with Gasteiger partial charge in [0.2, 0.25) is 0 Å². The smallest absolute Gasteiger partial charge is 0.314 e. The Morgan fingerprint density at radius 1 is 1.40 bits per heavy atom. The molecule has 1 unspecified atom stereocenters. The number of carboxylic acid groups (broad SMARTS) is 1. The molecule has 0 aromatic heterocycles. The van der Waals surface area contributed by atoms with Crippen LogP contribution in [0.15, 0.2) is 24.3 Å². The topological polar surface area (TPSA) is 54.4 Å². The molecule has 3 heteroatoms. The first-order valence-corrected chi connectivity index (χ1v) is 4.90. The molecule has 0 aliphatic rings. The largest absolute Gasteiger partial charge is 0.481 e. The van der Waals surface area contributed by atoms with Crippen molar-refractivity contribution < 1.29 is 14.7 Å². The Kier molecular flexibility index (Phi) is 3.61. The number of ketones is 1. The molecule has 0 spiro atoms. The minimum atomic E-state index is -1.05. The molecule has 0 saturated carbocycles. The minimum Gasteiger partial charge on any atom is -0.481 e. The Morgan fingerprint density at radius 2 is 2.07 bits per heavy atom. The summed E-state index contributed by atoms with van der Waals surface area (Å²) in [6.07, 6.45) is 0.322. The Labute approximate surface area is 88.7 Å². The summed E-state index contributed by atoms with van der Waals surface area (Å²) >= 11 is 0. The van der Waals surface area contributed by atoms with Gasteiger partial charge in [0.15, 0.2) is 5.78 Å². The lowest BCUT2D eigenvalue weighted by molar-refractivity contribution is -0.140. The van der Waals surface area contributed by atoms with E-state index in [2.05, 4.69) is 0 Å². The van der Waals surface area contributed by atoms with Crippen LogP contribution in [0.4, 0.5) is 0 Å². The maximum atomic E-state index is 11.8. The highest BCUT2D eigenvalue weighted by molar-refractivity contribution is 6.08. The van der Waals surface area contributed by atoms with Gasteiger partial charge >= 0.3 is 5.97 Å². The fourth-order valence-corrected chi connectivity index (χ4v) is 1.47. The van der Waals surface area contributed by atoms with Gasteiger partial charge in [0.1, 0.15) is 5.92 Å². The third-order valence-corrected chi connectivity index (χ3v) is 2.33. The van der Waals surface area contributed by atoms with Crippen LogP contribution >= 0.6 is 0 Å². The van der Waals surface area contributed by atoms with Crippen molar-refractivity contribution in [3.63, 3.8) is 0 Å². The average Bonchev–Trinajstić information content (AvgIpc) is 2.18. The van der Waals surface area contributed by atoms with Gasteiger partial charge in [-0.15, -0.1) is 0 Å². The predicted molar refractivity (Wildman–Crippen MR) is 56.9 cm³/mol. The normalized spacial score (nSPS) is 12.1. The van der Waals surface area contributed by atoms with Crippen molar-refractivity contribution in [3.8, 4) is 0 Å². The number of benzene rings is 1. The maximum absolute atomic E-state index is 11.8. The van der Waals surface area contributed by atoms with Gasteiger partial charge in [-0.25, -0.2) is 0 Å². The van der Waals surface area contributed by atoms with Crippen LogP contribution in [0, 0.1) is 12.8 Å². The van der Waals surface area contributed by atoms with E-state index in [1.807, 2.05) is 13.0 Å². The number of hydrogen-bond donors (Lipinski definition) is 1. The number of rotatable bonds is 4. The Morgan fingerprint density at radius 3 is 2.53 bits per heavy atom. The summed E-state index contributed by atoms with van der Waals surface area (Å²) in [6.45, 7) is 3.57. The lowest BCUT2D eigenvalue weighted by atomic mass is 9.95. The maximum Gasteiger partial charge on any atom is 0.314 e.